The molecule has 22 heavy (non-hydrogen) atoms. The molecule has 0 saturated carbocycles. The van der Waals surface area contributed by atoms with Crippen LogP contribution in [0.3, 0.4) is 0 Å². The Bertz CT molecular complexity index is 687. The van der Waals surface area contributed by atoms with Gasteiger partial charge in [-0.3, -0.25) is 0 Å². The van der Waals surface area contributed by atoms with Gasteiger partial charge in [-0.05, 0) is 48.6 Å². The first-order chi connectivity index (χ1) is 10.8. The summed E-state index contributed by atoms with van der Waals surface area (Å²) in [6.07, 6.45) is 3.98. The van der Waals surface area contributed by atoms with Gasteiger partial charge in [-0.15, -0.1) is 0 Å². The normalized spacial score (nSPS) is 23.9. The molecule has 2 aliphatic rings. The van der Waals surface area contributed by atoms with Crippen LogP contribution in [0.2, 0.25) is 0 Å². The van der Waals surface area contributed by atoms with E-state index in [1.165, 1.54) is 16.7 Å². The van der Waals surface area contributed by atoms with Gasteiger partial charge in [0.1, 0.15) is 11.9 Å². The lowest BCUT2D eigenvalue weighted by Gasteiger charge is -2.30. The van der Waals surface area contributed by atoms with Crippen LogP contribution in [0.15, 0.2) is 36.5 Å². The van der Waals surface area contributed by atoms with E-state index in [4.69, 9.17) is 9.47 Å². The molecule has 1 saturated heterocycles. The van der Waals surface area contributed by atoms with Crippen molar-refractivity contribution in [3.8, 4) is 0 Å². The van der Waals surface area contributed by atoms with Crippen LogP contribution in [-0.4, -0.2) is 24.3 Å². The van der Waals surface area contributed by atoms with Crippen molar-refractivity contribution in [3.63, 3.8) is 0 Å². The molecule has 2 aliphatic heterocycles. The molecule has 2 atom stereocenters. The maximum absolute atomic E-state index is 5.90. The van der Waals surface area contributed by atoms with Crippen molar-refractivity contribution < 1.29 is 9.47 Å². The molecule has 2 unspecified atom stereocenters. The maximum atomic E-state index is 5.90. The van der Waals surface area contributed by atoms with Crippen LogP contribution in [0.25, 0.3) is 0 Å². The lowest BCUT2D eigenvalue weighted by atomic mass is 9.98. The van der Waals surface area contributed by atoms with Gasteiger partial charge in [0.15, 0.2) is 0 Å². The highest BCUT2D eigenvalue weighted by Gasteiger charge is 2.25. The van der Waals surface area contributed by atoms with E-state index in [9.17, 15) is 0 Å². The Labute approximate surface area is 130 Å². The fraction of sp³-hybridized carbons (Fsp3) is 0.389. The molecule has 4 heteroatoms. The topological polar surface area (TPSA) is 43.4 Å². The third-order valence-corrected chi connectivity index (χ3v) is 4.45. The first kappa shape index (κ1) is 13.7. The van der Waals surface area contributed by atoms with Crippen LogP contribution in [-0.2, 0) is 22.3 Å². The van der Waals surface area contributed by atoms with Crippen LogP contribution in [0, 0.1) is 0 Å². The molecule has 4 rings (SSSR count). The summed E-state index contributed by atoms with van der Waals surface area (Å²) in [5, 5.41) is 3.46. The molecule has 3 heterocycles. The van der Waals surface area contributed by atoms with E-state index in [0.717, 1.165) is 24.3 Å². The van der Waals surface area contributed by atoms with Crippen molar-refractivity contribution in [2.75, 3.05) is 18.5 Å². The smallest absolute Gasteiger partial charge is 0.133 e. The van der Waals surface area contributed by atoms with Crippen molar-refractivity contribution in [1.29, 1.82) is 0 Å². The molecule has 0 radical (unpaired) electrons. The van der Waals surface area contributed by atoms with Gasteiger partial charge in [0, 0.05) is 11.9 Å². The molecule has 1 aromatic carbocycles. The van der Waals surface area contributed by atoms with Gasteiger partial charge in [0.25, 0.3) is 0 Å². The van der Waals surface area contributed by atoms with Gasteiger partial charge in [-0.1, -0.05) is 18.2 Å². The minimum absolute atomic E-state index is 0.0304. The Morgan fingerprint density at radius 2 is 1.95 bits per heavy atom. The molecular formula is C18H20N2O2. The summed E-state index contributed by atoms with van der Waals surface area (Å²) in [4.78, 5) is 4.45. The van der Waals surface area contributed by atoms with Crippen LogP contribution in [0.4, 0.5) is 11.5 Å². The Morgan fingerprint density at radius 1 is 1.09 bits per heavy atom. The second-order valence-electron chi connectivity index (χ2n) is 5.92. The minimum Gasteiger partial charge on any atom is -0.373 e. The Morgan fingerprint density at radius 3 is 2.86 bits per heavy atom. The van der Waals surface area contributed by atoms with Crippen molar-refractivity contribution >= 4 is 11.5 Å². The van der Waals surface area contributed by atoms with Gasteiger partial charge in [-0.25, -0.2) is 4.98 Å². The molecule has 1 N–H and O–H groups in total. The van der Waals surface area contributed by atoms with Crippen molar-refractivity contribution in [3.05, 3.63) is 53.2 Å². The quantitative estimate of drug-likeness (QED) is 0.876. The number of fused-ring (bicyclic) bond motifs is 2. The van der Waals surface area contributed by atoms with E-state index in [1.807, 2.05) is 12.3 Å². The van der Waals surface area contributed by atoms with Crippen molar-refractivity contribution in [2.45, 2.75) is 32.0 Å². The second kappa shape index (κ2) is 5.71. The summed E-state index contributed by atoms with van der Waals surface area (Å²) in [6, 6.07) is 10.7. The lowest BCUT2D eigenvalue weighted by Crippen LogP contribution is -2.29. The molecule has 114 valence electrons. The van der Waals surface area contributed by atoms with E-state index in [1.54, 1.807) is 0 Å². The molecule has 1 aromatic heterocycles. The fourth-order valence-corrected chi connectivity index (χ4v) is 3.27. The number of ether oxygens (including phenoxy) is 2. The minimum atomic E-state index is 0.0304. The predicted octanol–water partition coefficient (Wildman–Crippen LogP) is 3.40. The van der Waals surface area contributed by atoms with Gasteiger partial charge in [-0.2, -0.15) is 0 Å². The van der Waals surface area contributed by atoms with E-state index in [2.05, 4.69) is 41.5 Å². The van der Waals surface area contributed by atoms with Crippen molar-refractivity contribution in [2.24, 2.45) is 0 Å². The van der Waals surface area contributed by atoms with Gasteiger partial charge in [0.2, 0.25) is 0 Å². The zero-order valence-electron chi connectivity index (χ0n) is 12.7. The molecule has 0 spiro atoms. The summed E-state index contributed by atoms with van der Waals surface area (Å²) < 4.78 is 11.6. The molecule has 2 aromatic rings. The zero-order valence-corrected chi connectivity index (χ0v) is 12.7. The average Bonchev–Trinajstić information content (AvgIpc) is 2.74. The highest BCUT2D eigenvalue weighted by atomic mass is 16.6. The first-order valence-corrected chi connectivity index (χ1v) is 7.88. The second-order valence-corrected chi connectivity index (χ2v) is 5.92. The largest absolute Gasteiger partial charge is 0.373 e. The lowest BCUT2D eigenvalue weighted by molar-refractivity contribution is -0.135. The summed E-state index contributed by atoms with van der Waals surface area (Å²) in [5.41, 5.74) is 4.93. The highest BCUT2D eigenvalue weighted by molar-refractivity contribution is 5.65. The number of aryl methyl sites for hydroxylation is 2. The van der Waals surface area contributed by atoms with Crippen molar-refractivity contribution in [1.82, 2.24) is 4.98 Å². The van der Waals surface area contributed by atoms with E-state index >= 15 is 0 Å². The number of hydrogen-bond acceptors (Lipinski definition) is 4. The van der Waals surface area contributed by atoms with Crippen LogP contribution >= 0.6 is 0 Å². The average molecular weight is 296 g/mol. The number of benzene rings is 1. The summed E-state index contributed by atoms with van der Waals surface area (Å²) in [5.74, 6) is 0.972. The third-order valence-electron chi connectivity index (χ3n) is 4.45. The molecule has 1 fully saturated rings. The maximum Gasteiger partial charge on any atom is 0.133 e. The van der Waals surface area contributed by atoms with Crippen LogP contribution in [0.5, 0.6) is 0 Å². The third kappa shape index (κ3) is 2.49. The number of anilines is 2. The SMILES string of the molecule is CC1OCCOC1c1ccc2c(c1)CCc1cccnc1N2. The molecule has 0 bridgehead atoms. The number of hydrogen-bond donors (Lipinski definition) is 1. The standard InChI is InChI=1S/C18H20N2O2/c1-12-17(22-10-9-21-12)15-6-7-16-14(11-15)5-4-13-3-2-8-19-18(13)20-16/h2-3,6-8,11-12,17H,4-5,9-10H2,1H3,(H,19,20). The number of aromatic nitrogens is 1. The van der Waals surface area contributed by atoms with Crippen LogP contribution in [0.1, 0.15) is 29.7 Å². The summed E-state index contributed by atoms with van der Waals surface area (Å²) in [7, 11) is 0. The van der Waals surface area contributed by atoms with Gasteiger partial charge in [0.05, 0.1) is 19.3 Å². The van der Waals surface area contributed by atoms with E-state index in [0.29, 0.717) is 13.2 Å². The van der Waals surface area contributed by atoms with Crippen LogP contribution < -0.4 is 5.32 Å². The van der Waals surface area contributed by atoms with Gasteiger partial charge >= 0.3 is 0 Å². The summed E-state index contributed by atoms with van der Waals surface area (Å²) >= 11 is 0. The van der Waals surface area contributed by atoms with E-state index in [-0.39, 0.29) is 12.2 Å². The number of nitrogens with zero attached hydrogens (tertiary/aromatic N) is 1. The molecule has 0 amide bonds. The Kier molecular flexibility index (Phi) is 3.56. The monoisotopic (exact) mass is 296 g/mol. The molecule has 0 aliphatic carbocycles. The number of pyridine rings is 1. The van der Waals surface area contributed by atoms with E-state index < -0.39 is 0 Å². The summed E-state index contributed by atoms with van der Waals surface area (Å²) in [6.45, 7) is 3.43. The number of nitrogens with one attached hydrogen (secondary N) is 1. The Hall–Kier alpha value is -1.91. The Balaban J connectivity index is 1.65. The predicted molar refractivity (Wildman–Crippen MR) is 85.5 cm³/mol. The molecular weight excluding hydrogens is 276 g/mol. The first-order valence-electron chi connectivity index (χ1n) is 7.88. The number of rotatable bonds is 1. The van der Waals surface area contributed by atoms with Gasteiger partial charge < -0.3 is 14.8 Å². The molecule has 4 nitrogen and oxygen atoms in total. The highest BCUT2D eigenvalue weighted by Crippen LogP contribution is 2.33. The fourth-order valence-electron chi connectivity index (χ4n) is 3.27. The zero-order chi connectivity index (χ0) is 14.9.